The number of Topliss-reactive ketones (excluding diaryl/α,β-unsaturated/α-hetero) is 1. The molecule has 1 aliphatic carbocycles. The van der Waals surface area contributed by atoms with Crippen molar-refractivity contribution in [1.29, 1.82) is 0 Å². The molecule has 0 heterocycles. The third-order valence-corrected chi connectivity index (χ3v) is 2.24. The van der Waals surface area contributed by atoms with E-state index in [-0.39, 0.29) is 5.54 Å². The van der Waals surface area contributed by atoms with E-state index >= 15 is 0 Å². The number of ketones is 1. The molecule has 2 heteroatoms. The van der Waals surface area contributed by atoms with Crippen LogP contribution in [0, 0.1) is 0 Å². The third-order valence-electron chi connectivity index (χ3n) is 2.24. The third kappa shape index (κ3) is 1.21. The number of hydrogen-bond acceptors (Lipinski definition) is 2. The van der Waals surface area contributed by atoms with E-state index in [1.165, 1.54) is 0 Å². The van der Waals surface area contributed by atoms with E-state index in [9.17, 15) is 4.79 Å². The van der Waals surface area contributed by atoms with Crippen molar-refractivity contribution in [3.63, 3.8) is 0 Å². The standard InChI is InChI=1S/C8H15NO/c1-3-4-7(10)8(9-2)5-6-8/h9H,3-6H2,1-2H3. The molecule has 0 amide bonds. The summed E-state index contributed by atoms with van der Waals surface area (Å²) in [5, 5.41) is 3.09. The van der Waals surface area contributed by atoms with E-state index in [0.717, 1.165) is 25.7 Å². The first-order valence-corrected chi connectivity index (χ1v) is 3.97. The van der Waals surface area contributed by atoms with E-state index in [4.69, 9.17) is 0 Å². The predicted molar refractivity (Wildman–Crippen MR) is 40.9 cm³/mol. The highest BCUT2D eigenvalue weighted by Crippen LogP contribution is 2.36. The molecule has 0 spiro atoms. The van der Waals surface area contributed by atoms with Crippen molar-refractivity contribution in [2.24, 2.45) is 0 Å². The molecule has 1 N–H and O–H groups in total. The molecule has 0 bridgehead atoms. The molecule has 1 saturated carbocycles. The molecule has 0 aromatic carbocycles. The van der Waals surface area contributed by atoms with Gasteiger partial charge in [0.25, 0.3) is 0 Å². The van der Waals surface area contributed by atoms with Crippen molar-refractivity contribution in [2.75, 3.05) is 7.05 Å². The number of likely N-dealkylation sites (N-methyl/N-ethyl adjacent to an activating group) is 1. The fourth-order valence-corrected chi connectivity index (χ4v) is 1.26. The Bertz CT molecular complexity index is 138. The molecule has 0 radical (unpaired) electrons. The van der Waals surface area contributed by atoms with Crippen LogP contribution in [0.25, 0.3) is 0 Å². The second-order valence-electron chi connectivity index (χ2n) is 3.01. The Labute approximate surface area is 62.0 Å². The molecule has 10 heavy (non-hydrogen) atoms. The molecule has 0 aliphatic heterocycles. The van der Waals surface area contributed by atoms with Crippen LogP contribution in [-0.4, -0.2) is 18.4 Å². The lowest BCUT2D eigenvalue weighted by atomic mass is 10.1. The monoisotopic (exact) mass is 141 g/mol. The van der Waals surface area contributed by atoms with Crippen LogP contribution in [0.2, 0.25) is 0 Å². The van der Waals surface area contributed by atoms with Gasteiger partial charge in [0.05, 0.1) is 5.54 Å². The smallest absolute Gasteiger partial charge is 0.152 e. The van der Waals surface area contributed by atoms with Crippen molar-refractivity contribution < 1.29 is 4.79 Å². The fourth-order valence-electron chi connectivity index (χ4n) is 1.26. The average Bonchev–Trinajstić information content (AvgIpc) is 2.68. The van der Waals surface area contributed by atoms with E-state index in [1.54, 1.807) is 0 Å². The van der Waals surface area contributed by atoms with Gasteiger partial charge in [-0.3, -0.25) is 4.79 Å². The molecule has 0 atom stereocenters. The van der Waals surface area contributed by atoms with Gasteiger partial charge in [-0.15, -0.1) is 0 Å². The molecule has 1 rings (SSSR count). The van der Waals surface area contributed by atoms with Crippen molar-refractivity contribution in [1.82, 2.24) is 5.32 Å². The van der Waals surface area contributed by atoms with Crippen LogP contribution in [0.3, 0.4) is 0 Å². The highest BCUT2D eigenvalue weighted by molar-refractivity contribution is 5.91. The predicted octanol–water partition coefficient (Wildman–Crippen LogP) is 1.11. The number of carbonyl (C=O) groups is 1. The molecule has 0 saturated heterocycles. The number of hydrogen-bond donors (Lipinski definition) is 1. The SMILES string of the molecule is CCCC(=O)C1(NC)CC1. The van der Waals surface area contributed by atoms with Crippen molar-refractivity contribution in [2.45, 2.75) is 38.1 Å². The molecule has 58 valence electrons. The first kappa shape index (κ1) is 7.73. The van der Waals surface area contributed by atoms with E-state index in [0.29, 0.717) is 5.78 Å². The number of nitrogens with one attached hydrogen (secondary N) is 1. The maximum absolute atomic E-state index is 11.3. The molecule has 2 nitrogen and oxygen atoms in total. The normalized spacial score (nSPS) is 20.6. The largest absolute Gasteiger partial charge is 0.308 e. The summed E-state index contributed by atoms with van der Waals surface area (Å²) in [6.07, 6.45) is 3.80. The Kier molecular flexibility index (Phi) is 2.09. The highest BCUT2D eigenvalue weighted by Gasteiger charge is 2.46. The molecule has 1 fully saturated rings. The average molecular weight is 141 g/mol. The van der Waals surface area contributed by atoms with Crippen molar-refractivity contribution in [3.8, 4) is 0 Å². The Morgan fingerprint density at radius 1 is 1.60 bits per heavy atom. The first-order chi connectivity index (χ1) is 4.75. The zero-order chi connectivity index (χ0) is 7.61. The summed E-state index contributed by atoms with van der Waals surface area (Å²) in [5.74, 6) is 0.400. The quantitative estimate of drug-likeness (QED) is 0.635. The molecule has 0 aromatic heterocycles. The van der Waals surface area contributed by atoms with Crippen LogP contribution in [0.5, 0.6) is 0 Å². The van der Waals surface area contributed by atoms with Gasteiger partial charge in [-0.2, -0.15) is 0 Å². The van der Waals surface area contributed by atoms with E-state index < -0.39 is 0 Å². The van der Waals surface area contributed by atoms with Gasteiger partial charge in [-0.05, 0) is 26.3 Å². The zero-order valence-electron chi connectivity index (χ0n) is 6.74. The van der Waals surface area contributed by atoms with Crippen molar-refractivity contribution in [3.05, 3.63) is 0 Å². The lowest BCUT2D eigenvalue weighted by molar-refractivity contribution is -0.121. The van der Waals surface area contributed by atoms with Crippen LogP contribution in [0.1, 0.15) is 32.6 Å². The van der Waals surface area contributed by atoms with Crippen LogP contribution >= 0.6 is 0 Å². The van der Waals surface area contributed by atoms with Crippen LogP contribution < -0.4 is 5.32 Å². The summed E-state index contributed by atoms with van der Waals surface area (Å²) < 4.78 is 0. The minimum atomic E-state index is -0.0873. The van der Waals surface area contributed by atoms with Gasteiger partial charge < -0.3 is 5.32 Å². The molecule has 1 aliphatic rings. The first-order valence-electron chi connectivity index (χ1n) is 3.97. The van der Waals surface area contributed by atoms with Crippen LogP contribution in [-0.2, 0) is 4.79 Å². The van der Waals surface area contributed by atoms with Gasteiger partial charge in [0.1, 0.15) is 0 Å². The summed E-state index contributed by atoms with van der Waals surface area (Å²) in [6.45, 7) is 2.05. The van der Waals surface area contributed by atoms with Gasteiger partial charge in [-0.1, -0.05) is 6.92 Å². The topological polar surface area (TPSA) is 29.1 Å². The molecule has 0 aromatic rings. The number of carbonyl (C=O) groups excluding carboxylic acids is 1. The zero-order valence-corrected chi connectivity index (χ0v) is 6.74. The van der Waals surface area contributed by atoms with Crippen LogP contribution in [0.15, 0.2) is 0 Å². The lowest BCUT2D eigenvalue weighted by Gasteiger charge is -2.10. The van der Waals surface area contributed by atoms with Crippen molar-refractivity contribution >= 4 is 5.78 Å². The van der Waals surface area contributed by atoms with Gasteiger partial charge >= 0.3 is 0 Å². The Morgan fingerprint density at radius 3 is 2.50 bits per heavy atom. The Hall–Kier alpha value is -0.370. The second kappa shape index (κ2) is 2.70. The van der Waals surface area contributed by atoms with Gasteiger partial charge in [0.2, 0.25) is 0 Å². The van der Waals surface area contributed by atoms with Gasteiger partial charge in [-0.25, -0.2) is 0 Å². The lowest BCUT2D eigenvalue weighted by Crippen LogP contribution is -2.36. The Balaban J connectivity index is 2.40. The fraction of sp³-hybridized carbons (Fsp3) is 0.875. The van der Waals surface area contributed by atoms with Crippen LogP contribution in [0.4, 0.5) is 0 Å². The van der Waals surface area contributed by atoms with E-state index in [2.05, 4.69) is 5.32 Å². The molecular formula is C8H15NO. The summed E-state index contributed by atoms with van der Waals surface area (Å²) >= 11 is 0. The molecular weight excluding hydrogens is 126 g/mol. The van der Waals surface area contributed by atoms with Gasteiger partial charge in [0.15, 0.2) is 5.78 Å². The second-order valence-corrected chi connectivity index (χ2v) is 3.01. The number of rotatable bonds is 4. The minimum absolute atomic E-state index is 0.0873. The maximum atomic E-state index is 11.3. The summed E-state index contributed by atoms with van der Waals surface area (Å²) in [5.41, 5.74) is -0.0873. The maximum Gasteiger partial charge on any atom is 0.152 e. The highest BCUT2D eigenvalue weighted by atomic mass is 16.1. The van der Waals surface area contributed by atoms with Gasteiger partial charge in [0, 0.05) is 6.42 Å². The molecule has 0 unspecified atom stereocenters. The summed E-state index contributed by atoms with van der Waals surface area (Å²) in [4.78, 5) is 11.3. The minimum Gasteiger partial charge on any atom is -0.308 e. The summed E-state index contributed by atoms with van der Waals surface area (Å²) in [7, 11) is 1.88. The van der Waals surface area contributed by atoms with E-state index in [1.807, 2.05) is 14.0 Å². The summed E-state index contributed by atoms with van der Waals surface area (Å²) in [6, 6.07) is 0. The Morgan fingerprint density at radius 2 is 2.20 bits per heavy atom.